The van der Waals surface area contributed by atoms with Gasteiger partial charge in [-0.05, 0) is 43.2 Å². The van der Waals surface area contributed by atoms with Gasteiger partial charge in [-0.1, -0.05) is 31.2 Å². The fourth-order valence-corrected chi connectivity index (χ4v) is 2.31. The van der Waals surface area contributed by atoms with Gasteiger partial charge >= 0.3 is 0 Å². The highest BCUT2D eigenvalue weighted by Crippen LogP contribution is 2.17. The molecule has 0 aliphatic heterocycles. The summed E-state index contributed by atoms with van der Waals surface area (Å²) in [5, 5.41) is 15.7. The standard InChI is InChI=1S/C20H26FN3O2/c1-3-17(26-19-8-6-5-7-18(19)21)14-24-20(22-4-2)23-13-15-9-11-16(25)12-10-15/h5-12,17,25H,3-4,13-14H2,1-2H3,(H2,22,23,24). The van der Waals surface area contributed by atoms with Crippen LogP contribution < -0.4 is 15.4 Å². The molecule has 0 spiro atoms. The zero-order valence-electron chi connectivity index (χ0n) is 15.2. The summed E-state index contributed by atoms with van der Waals surface area (Å²) >= 11 is 0. The molecule has 0 fully saturated rings. The van der Waals surface area contributed by atoms with Crippen molar-refractivity contribution in [3.05, 3.63) is 59.9 Å². The third-order valence-corrected chi connectivity index (χ3v) is 3.78. The second-order valence-electron chi connectivity index (χ2n) is 5.82. The number of aromatic hydroxyl groups is 1. The summed E-state index contributed by atoms with van der Waals surface area (Å²) in [6.07, 6.45) is 0.558. The number of rotatable bonds is 8. The highest BCUT2D eigenvalue weighted by atomic mass is 19.1. The van der Waals surface area contributed by atoms with Crippen molar-refractivity contribution < 1.29 is 14.2 Å². The molecule has 0 heterocycles. The quantitative estimate of drug-likeness (QED) is 0.499. The van der Waals surface area contributed by atoms with E-state index >= 15 is 0 Å². The number of aliphatic imine (C=N–C) groups is 1. The van der Waals surface area contributed by atoms with Crippen LogP contribution in [-0.4, -0.2) is 30.3 Å². The van der Waals surface area contributed by atoms with Crippen molar-refractivity contribution in [2.45, 2.75) is 32.9 Å². The Balaban J connectivity index is 1.93. The van der Waals surface area contributed by atoms with Gasteiger partial charge in [0.25, 0.3) is 0 Å². The highest BCUT2D eigenvalue weighted by Gasteiger charge is 2.12. The topological polar surface area (TPSA) is 65.9 Å². The number of nitrogens with one attached hydrogen (secondary N) is 2. The van der Waals surface area contributed by atoms with E-state index < -0.39 is 0 Å². The Kier molecular flexibility index (Phi) is 7.74. The molecule has 1 unspecified atom stereocenters. The SMILES string of the molecule is CCNC(=NCc1ccc(O)cc1)NCC(CC)Oc1ccccc1F. The molecule has 2 aromatic rings. The van der Waals surface area contributed by atoms with Gasteiger partial charge in [-0.15, -0.1) is 0 Å². The van der Waals surface area contributed by atoms with E-state index in [0.717, 1.165) is 18.5 Å². The number of guanidine groups is 1. The zero-order chi connectivity index (χ0) is 18.8. The van der Waals surface area contributed by atoms with Crippen LogP contribution in [0.2, 0.25) is 0 Å². The van der Waals surface area contributed by atoms with Gasteiger partial charge < -0.3 is 20.5 Å². The van der Waals surface area contributed by atoms with Crippen LogP contribution in [0.4, 0.5) is 4.39 Å². The minimum atomic E-state index is -0.362. The smallest absolute Gasteiger partial charge is 0.191 e. The fourth-order valence-electron chi connectivity index (χ4n) is 2.31. The summed E-state index contributed by atoms with van der Waals surface area (Å²) in [7, 11) is 0. The van der Waals surface area contributed by atoms with Crippen LogP contribution in [0, 0.1) is 5.82 Å². The van der Waals surface area contributed by atoms with Crippen molar-refractivity contribution in [3.63, 3.8) is 0 Å². The molecule has 1 atom stereocenters. The molecule has 0 radical (unpaired) electrons. The monoisotopic (exact) mass is 359 g/mol. The third-order valence-electron chi connectivity index (χ3n) is 3.78. The Bertz CT molecular complexity index is 704. The first-order valence-electron chi connectivity index (χ1n) is 8.83. The van der Waals surface area contributed by atoms with Crippen LogP contribution in [-0.2, 0) is 6.54 Å². The number of halogens is 1. The Morgan fingerprint density at radius 2 is 1.85 bits per heavy atom. The van der Waals surface area contributed by atoms with Crippen LogP contribution in [0.15, 0.2) is 53.5 Å². The maximum atomic E-state index is 13.7. The average Bonchev–Trinajstić information content (AvgIpc) is 2.65. The number of hydrogen-bond donors (Lipinski definition) is 3. The minimum absolute atomic E-state index is 0.176. The molecule has 0 amide bonds. The number of phenols is 1. The molecule has 6 heteroatoms. The molecule has 3 N–H and O–H groups in total. The first kappa shape index (κ1) is 19.6. The van der Waals surface area contributed by atoms with Crippen molar-refractivity contribution in [2.75, 3.05) is 13.1 Å². The van der Waals surface area contributed by atoms with Crippen LogP contribution in [0.5, 0.6) is 11.5 Å². The normalized spacial score (nSPS) is 12.5. The van der Waals surface area contributed by atoms with E-state index in [4.69, 9.17) is 4.74 Å². The Morgan fingerprint density at radius 1 is 1.12 bits per heavy atom. The number of nitrogens with zero attached hydrogens (tertiary/aromatic N) is 1. The lowest BCUT2D eigenvalue weighted by Gasteiger charge is -2.20. The lowest BCUT2D eigenvalue weighted by Crippen LogP contribution is -2.42. The number of benzene rings is 2. The van der Waals surface area contributed by atoms with Gasteiger partial charge in [-0.2, -0.15) is 0 Å². The molecule has 0 saturated carbocycles. The summed E-state index contributed by atoms with van der Waals surface area (Å²) in [6, 6.07) is 13.3. The van der Waals surface area contributed by atoms with Crippen LogP contribution in [0.3, 0.4) is 0 Å². The van der Waals surface area contributed by atoms with Crippen LogP contribution >= 0.6 is 0 Å². The van der Waals surface area contributed by atoms with Gasteiger partial charge in [0, 0.05) is 6.54 Å². The summed E-state index contributed by atoms with van der Waals surface area (Å²) in [5.74, 6) is 0.793. The highest BCUT2D eigenvalue weighted by molar-refractivity contribution is 5.79. The van der Waals surface area contributed by atoms with E-state index in [1.807, 2.05) is 26.0 Å². The summed E-state index contributed by atoms with van der Waals surface area (Å²) in [4.78, 5) is 4.53. The van der Waals surface area contributed by atoms with E-state index in [9.17, 15) is 9.50 Å². The maximum absolute atomic E-state index is 13.7. The van der Waals surface area contributed by atoms with Crippen molar-refractivity contribution in [1.29, 1.82) is 0 Å². The second-order valence-corrected chi connectivity index (χ2v) is 5.82. The van der Waals surface area contributed by atoms with Gasteiger partial charge in [0.15, 0.2) is 17.5 Å². The first-order chi connectivity index (χ1) is 12.6. The van der Waals surface area contributed by atoms with E-state index in [1.165, 1.54) is 6.07 Å². The van der Waals surface area contributed by atoms with E-state index in [0.29, 0.717) is 19.0 Å². The van der Waals surface area contributed by atoms with Gasteiger partial charge in [0.2, 0.25) is 0 Å². The van der Waals surface area contributed by atoms with Crippen molar-refractivity contribution in [1.82, 2.24) is 10.6 Å². The number of ether oxygens (including phenoxy) is 1. The Hall–Kier alpha value is -2.76. The fraction of sp³-hybridized carbons (Fsp3) is 0.350. The van der Waals surface area contributed by atoms with Crippen molar-refractivity contribution in [2.24, 2.45) is 4.99 Å². The molecule has 0 bridgehead atoms. The molecule has 0 aromatic heterocycles. The molecule has 0 aliphatic rings. The molecule has 0 aliphatic carbocycles. The minimum Gasteiger partial charge on any atom is -0.508 e. The van der Waals surface area contributed by atoms with Gasteiger partial charge in [0.1, 0.15) is 11.9 Å². The summed E-state index contributed by atoms with van der Waals surface area (Å²) in [5.41, 5.74) is 0.995. The number of hydrogen-bond acceptors (Lipinski definition) is 3. The first-order valence-corrected chi connectivity index (χ1v) is 8.83. The van der Waals surface area contributed by atoms with Crippen molar-refractivity contribution in [3.8, 4) is 11.5 Å². The second kappa shape index (κ2) is 10.3. The predicted octanol–water partition coefficient (Wildman–Crippen LogP) is 3.44. The van der Waals surface area contributed by atoms with Crippen LogP contribution in [0.1, 0.15) is 25.8 Å². The largest absolute Gasteiger partial charge is 0.508 e. The number of para-hydroxylation sites is 1. The average molecular weight is 359 g/mol. The summed E-state index contributed by atoms with van der Waals surface area (Å²) in [6.45, 7) is 5.71. The molecule has 26 heavy (non-hydrogen) atoms. The number of phenolic OH excluding ortho intramolecular Hbond substituents is 1. The molecular weight excluding hydrogens is 333 g/mol. The predicted molar refractivity (Wildman–Crippen MR) is 102 cm³/mol. The molecule has 2 aromatic carbocycles. The summed E-state index contributed by atoms with van der Waals surface area (Å²) < 4.78 is 19.5. The lowest BCUT2D eigenvalue weighted by atomic mass is 10.2. The van der Waals surface area contributed by atoms with E-state index in [-0.39, 0.29) is 23.4 Å². The molecule has 0 saturated heterocycles. The molecule has 5 nitrogen and oxygen atoms in total. The van der Waals surface area contributed by atoms with Crippen LogP contribution in [0.25, 0.3) is 0 Å². The Labute approximate surface area is 153 Å². The molecular formula is C20H26FN3O2. The van der Waals surface area contributed by atoms with E-state index in [1.54, 1.807) is 30.3 Å². The van der Waals surface area contributed by atoms with Gasteiger partial charge in [-0.3, -0.25) is 0 Å². The zero-order valence-corrected chi connectivity index (χ0v) is 15.2. The van der Waals surface area contributed by atoms with Crippen molar-refractivity contribution >= 4 is 5.96 Å². The Morgan fingerprint density at radius 3 is 2.50 bits per heavy atom. The molecule has 140 valence electrons. The third kappa shape index (κ3) is 6.27. The van der Waals surface area contributed by atoms with Gasteiger partial charge in [-0.25, -0.2) is 9.38 Å². The van der Waals surface area contributed by atoms with Gasteiger partial charge in [0.05, 0.1) is 13.1 Å². The van der Waals surface area contributed by atoms with E-state index in [2.05, 4.69) is 15.6 Å². The maximum Gasteiger partial charge on any atom is 0.191 e. The lowest BCUT2D eigenvalue weighted by molar-refractivity contribution is 0.191. The molecule has 2 rings (SSSR count).